The lowest BCUT2D eigenvalue weighted by molar-refractivity contribution is -0.139. The number of nitrogens with zero attached hydrogens (tertiary/aromatic N) is 1. The molecule has 1 atom stereocenters. The number of carbonyl (C=O) groups excluding carboxylic acids is 1. The Morgan fingerprint density at radius 3 is 2.61 bits per heavy atom. The van der Waals surface area contributed by atoms with Crippen LogP contribution in [-0.4, -0.2) is 28.2 Å². The Morgan fingerprint density at radius 1 is 1.10 bits per heavy atom. The van der Waals surface area contributed by atoms with Crippen LogP contribution in [0.2, 0.25) is 0 Å². The largest absolute Gasteiger partial charge is 0.481 e. The zero-order valence-corrected chi connectivity index (χ0v) is 17.3. The average molecular weight is 418 g/mol. The molecule has 160 valence electrons. The Morgan fingerprint density at radius 2 is 1.90 bits per heavy atom. The van der Waals surface area contributed by atoms with Crippen LogP contribution in [0.15, 0.2) is 42.5 Å². The molecule has 2 aliphatic rings. The maximum atomic E-state index is 12.2. The Hall–Kier alpha value is -3.28. The van der Waals surface area contributed by atoms with Crippen molar-refractivity contribution in [3.63, 3.8) is 0 Å². The number of carboxylic acid groups (broad SMARTS) is 1. The fourth-order valence-electron chi connectivity index (χ4n) is 5.21. The molecule has 1 unspecified atom stereocenters. The van der Waals surface area contributed by atoms with E-state index in [1.54, 1.807) is 6.07 Å². The van der Waals surface area contributed by atoms with E-state index in [1.807, 2.05) is 12.1 Å². The molecule has 31 heavy (non-hydrogen) atoms. The van der Waals surface area contributed by atoms with E-state index in [-0.39, 0.29) is 11.8 Å². The molecule has 1 amide bonds. The normalized spacial score (nSPS) is 18.0. The summed E-state index contributed by atoms with van der Waals surface area (Å²) in [4.78, 5) is 23.3. The number of fused-ring (bicyclic) bond motifs is 3. The third kappa shape index (κ3) is 3.36. The van der Waals surface area contributed by atoms with E-state index in [9.17, 15) is 9.59 Å². The van der Waals surface area contributed by atoms with Gasteiger partial charge in [-0.05, 0) is 60.4 Å². The highest BCUT2D eigenvalue weighted by Gasteiger charge is 2.35. The van der Waals surface area contributed by atoms with Gasteiger partial charge < -0.3 is 20.1 Å². The summed E-state index contributed by atoms with van der Waals surface area (Å²) in [5.41, 5.74) is 11.4. The number of aliphatic carboxylic acids is 1. The Bertz CT molecular complexity index is 1180. The summed E-state index contributed by atoms with van der Waals surface area (Å²) in [6.45, 7) is 0.289. The second-order valence-electron chi connectivity index (χ2n) is 8.60. The van der Waals surface area contributed by atoms with E-state index >= 15 is 0 Å². The summed E-state index contributed by atoms with van der Waals surface area (Å²) in [5.74, 6) is -0.640. The van der Waals surface area contributed by atoms with Gasteiger partial charge in [-0.2, -0.15) is 0 Å². The quantitative estimate of drug-likeness (QED) is 0.608. The maximum absolute atomic E-state index is 12.2. The van der Waals surface area contributed by atoms with E-state index < -0.39 is 12.6 Å². The molecule has 0 saturated heterocycles. The number of hydrogen-bond acceptors (Lipinski definition) is 3. The molecule has 3 N–H and O–H groups in total. The molecular weight excluding hydrogens is 392 g/mol. The molecule has 1 fully saturated rings. The minimum atomic E-state index is -1.03. The van der Waals surface area contributed by atoms with Crippen LogP contribution in [-0.2, 0) is 22.6 Å². The summed E-state index contributed by atoms with van der Waals surface area (Å²) in [6.07, 6.45) is 5.19. The van der Waals surface area contributed by atoms with Crippen molar-refractivity contribution in [3.05, 3.63) is 64.8 Å². The fraction of sp³-hybridized carbons (Fsp3) is 0.360. The predicted molar refractivity (Wildman–Crippen MR) is 117 cm³/mol. The predicted octanol–water partition coefficient (Wildman–Crippen LogP) is 3.94. The number of ether oxygens (including phenoxy) is 1. The summed E-state index contributed by atoms with van der Waals surface area (Å²) in [5, 5.41) is 9.91. The molecule has 5 rings (SSSR count). The summed E-state index contributed by atoms with van der Waals surface area (Å²) < 4.78 is 7.90. The molecule has 3 aromatic rings. The summed E-state index contributed by atoms with van der Waals surface area (Å²) >= 11 is 0. The van der Waals surface area contributed by atoms with Gasteiger partial charge in [-0.3, -0.25) is 4.79 Å². The Kier molecular flexibility index (Phi) is 4.93. The second kappa shape index (κ2) is 7.76. The molecule has 6 nitrogen and oxygen atoms in total. The molecule has 0 aliphatic heterocycles. The number of nitrogens with two attached hydrogens (primary N) is 1. The summed E-state index contributed by atoms with van der Waals surface area (Å²) in [6, 6.07) is 14.3. The van der Waals surface area contributed by atoms with Gasteiger partial charge in [-0.25, -0.2) is 4.79 Å². The maximum Gasteiger partial charge on any atom is 0.341 e. The van der Waals surface area contributed by atoms with Crippen molar-refractivity contribution in [1.29, 1.82) is 0 Å². The van der Waals surface area contributed by atoms with Crippen LogP contribution in [0, 0.1) is 0 Å². The minimum Gasteiger partial charge on any atom is -0.481 e. The number of benzene rings is 2. The van der Waals surface area contributed by atoms with Crippen LogP contribution >= 0.6 is 0 Å². The van der Waals surface area contributed by atoms with Crippen molar-refractivity contribution >= 4 is 22.8 Å². The van der Waals surface area contributed by atoms with Crippen molar-refractivity contribution < 1.29 is 19.4 Å². The lowest BCUT2D eigenvalue weighted by Crippen LogP contribution is -2.19. The molecule has 2 aliphatic carbocycles. The highest BCUT2D eigenvalue weighted by molar-refractivity contribution is 5.97. The lowest BCUT2D eigenvalue weighted by atomic mass is 9.78. The smallest absolute Gasteiger partial charge is 0.341 e. The average Bonchev–Trinajstić information content (AvgIpc) is 3.26. The van der Waals surface area contributed by atoms with Crippen LogP contribution in [0.25, 0.3) is 10.9 Å². The van der Waals surface area contributed by atoms with Gasteiger partial charge in [0.05, 0.1) is 11.4 Å². The van der Waals surface area contributed by atoms with Crippen molar-refractivity contribution in [3.8, 4) is 5.75 Å². The molecular formula is C25H26N2O4. The first-order valence-corrected chi connectivity index (χ1v) is 10.9. The molecule has 1 heterocycles. The first-order chi connectivity index (χ1) is 15.0. The molecule has 0 bridgehead atoms. The van der Waals surface area contributed by atoms with Crippen LogP contribution in [0.5, 0.6) is 5.75 Å². The third-order valence-corrected chi connectivity index (χ3v) is 6.84. The third-order valence-electron chi connectivity index (χ3n) is 6.84. The van der Waals surface area contributed by atoms with Crippen molar-refractivity contribution in [2.24, 2.45) is 5.73 Å². The molecule has 2 aromatic carbocycles. The van der Waals surface area contributed by atoms with E-state index in [0.717, 1.165) is 28.6 Å². The van der Waals surface area contributed by atoms with Crippen LogP contribution < -0.4 is 10.5 Å². The minimum absolute atomic E-state index is 0.347. The fourth-order valence-corrected chi connectivity index (χ4v) is 5.21. The van der Waals surface area contributed by atoms with Gasteiger partial charge in [-0.1, -0.05) is 36.8 Å². The SMILES string of the molecule is NC(=O)C1CCc2c1c1c(OCC(=O)O)cccc1n2Cc1ccccc1C1CCC1. The number of hydrogen-bond donors (Lipinski definition) is 2. The van der Waals surface area contributed by atoms with Gasteiger partial charge in [0, 0.05) is 17.6 Å². The zero-order chi connectivity index (χ0) is 21.5. The van der Waals surface area contributed by atoms with Crippen LogP contribution in [0.1, 0.15) is 59.9 Å². The summed E-state index contributed by atoms with van der Waals surface area (Å²) in [7, 11) is 0. The van der Waals surface area contributed by atoms with Gasteiger partial charge in [0.25, 0.3) is 0 Å². The van der Waals surface area contributed by atoms with Crippen molar-refractivity contribution in [2.75, 3.05) is 6.61 Å². The number of primary amides is 1. The van der Waals surface area contributed by atoms with Gasteiger partial charge >= 0.3 is 5.97 Å². The number of amides is 1. The van der Waals surface area contributed by atoms with Crippen molar-refractivity contribution in [2.45, 2.75) is 50.5 Å². The standard InChI is InChI=1S/C25H26N2O4/c26-25(30)18-11-12-20-23(18)24-19(9-4-10-21(24)31-14-22(28)29)27(20)13-16-5-1-2-8-17(16)15-6-3-7-15/h1-2,4-5,8-10,15,18H,3,6-7,11-14H2,(H2,26,30)(H,28,29). The Balaban J connectivity index is 1.65. The van der Waals surface area contributed by atoms with Gasteiger partial charge in [0.1, 0.15) is 5.75 Å². The zero-order valence-electron chi connectivity index (χ0n) is 17.3. The number of rotatable bonds is 7. The monoisotopic (exact) mass is 418 g/mol. The number of carboxylic acids is 1. The van der Waals surface area contributed by atoms with Gasteiger partial charge in [0.2, 0.25) is 5.91 Å². The highest BCUT2D eigenvalue weighted by Crippen LogP contribution is 2.45. The molecule has 6 heteroatoms. The first kappa shape index (κ1) is 19.7. The van der Waals surface area contributed by atoms with E-state index in [0.29, 0.717) is 24.6 Å². The van der Waals surface area contributed by atoms with E-state index in [2.05, 4.69) is 28.8 Å². The molecule has 1 aromatic heterocycles. The van der Waals surface area contributed by atoms with E-state index in [4.69, 9.17) is 15.6 Å². The lowest BCUT2D eigenvalue weighted by Gasteiger charge is -2.28. The highest BCUT2D eigenvalue weighted by atomic mass is 16.5. The first-order valence-electron chi connectivity index (χ1n) is 10.9. The Labute approximate surface area is 180 Å². The molecule has 1 saturated carbocycles. The molecule has 0 radical (unpaired) electrons. The van der Waals surface area contributed by atoms with Crippen LogP contribution in [0.3, 0.4) is 0 Å². The van der Waals surface area contributed by atoms with Crippen molar-refractivity contribution in [1.82, 2.24) is 4.57 Å². The number of aromatic nitrogens is 1. The van der Waals surface area contributed by atoms with Crippen LogP contribution in [0.4, 0.5) is 0 Å². The molecule has 0 spiro atoms. The van der Waals surface area contributed by atoms with Gasteiger partial charge in [-0.15, -0.1) is 0 Å². The number of carbonyl (C=O) groups is 2. The van der Waals surface area contributed by atoms with Gasteiger partial charge in [0.15, 0.2) is 6.61 Å². The topological polar surface area (TPSA) is 94.6 Å². The second-order valence-corrected chi connectivity index (χ2v) is 8.60. The van der Waals surface area contributed by atoms with E-state index in [1.165, 1.54) is 30.4 Å².